The molecule has 3 rings (SSSR count). The molecule has 0 aliphatic carbocycles. The lowest BCUT2D eigenvalue weighted by Crippen LogP contribution is -2.46. The average molecular weight is 1190 g/mol. The summed E-state index contributed by atoms with van der Waals surface area (Å²) in [5.41, 5.74) is 4.30. The van der Waals surface area contributed by atoms with Crippen LogP contribution < -0.4 is 16.4 Å². The highest BCUT2D eigenvalue weighted by Crippen LogP contribution is 2.61. The zero-order valence-corrected chi connectivity index (χ0v) is 50.2. The van der Waals surface area contributed by atoms with Gasteiger partial charge in [0.25, 0.3) is 0 Å². The van der Waals surface area contributed by atoms with Gasteiger partial charge in [0, 0.05) is 36.6 Å². The van der Waals surface area contributed by atoms with E-state index in [1.807, 2.05) is 6.92 Å². The summed E-state index contributed by atoms with van der Waals surface area (Å²) in [6.45, 7) is 9.30. The van der Waals surface area contributed by atoms with Gasteiger partial charge in [-0.25, -0.2) is 28.6 Å². The number of hydrogen-bond acceptors (Lipinski definition) is 18. The van der Waals surface area contributed by atoms with Crippen LogP contribution in [0.4, 0.5) is 5.82 Å². The zero-order chi connectivity index (χ0) is 57.9. The van der Waals surface area contributed by atoms with Crippen LogP contribution in [0.3, 0.4) is 0 Å². The molecule has 10 atom stereocenters. The molecule has 0 aromatic carbocycles. The van der Waals surface area contributed by atoms with Crippen molar-refractivity contribution in [1.29, 1.82) is 0 Å². The molecule has 0 spiro atoms. The molecule has 1 saturated heterocycles. The molecule has 28 heteroatoms. The van der Waals surface area contributed by atoms with Crippen molar-refractivity contribution in [3.8, 4) is 0 Å². The summed E-state index contributed by atoms with van der Waals surface area (Å²) in [7, 11) is -16.4. The molecule has 3 heterocycles. The third-order valence-electron chi connectivity index (χ3n) is 13.8. The van der Waals surface area contributed by atoms with Crippen molar-refractivity contribution in [3.05, 3.63) is 12.7 Å². The van der Waals surface area contributed by atoms with Crippen LogP contribution in [0.15, 0.2) is 12.7 Å². The van der Waals surface area contributed by atoms with Crippen LogP contribution in [-0.2, 0) is 50.7 Å². The molecule has 2 unspecified atom stereocenters. The lowest BCUT2D eigenvalue weighted by atomic mass is 9.87. The number of nitrogens with one attached hydrogen (secondary N) is 2. The Balaban J connectivity index is 1.25. The fourth-order valence-electron chi connectivity index (χ4n) is 9.42. The van der Waals surface area contributed by atoms with E-state index in [-0.39, 0.29) is 47.5 Å². The summed E-state index contributed by atoms with van der Waals surface area (Å²) in [5.74, 6) is -0.120. The Kier molecular flexibility index (Phi) is 31.8. The highest BCUT2D eigenvalue weighted by molar-refractivity contribution is 8.13. The Morgan fingerprint density at radius 2 is 1.36 bits per heavy atom. The van der Waals surface area contributed by atoms with Crippen molar-refractivity contribution in [1.82, 2.24) is 30.2 Å². The van der Waals surface area contributed by atoms with Crippen LogP contribution in [0.25, 0.3) is 11.2 Å². The maximum absolute atomic E-state index is 12.9. The Morgan fingerprint density at radius 1 is 0.795 bits per heavy atom. The molecule has 78 heavy (non-hydrogen) atoms. The first-order valence-corrected chi connectivity index (χ1v) is 33.3. The molecule has 1 aliphatic heterocycles. The third kappa shape index (κ3) is 27.1. The Bertz CT molecular complexity index is 2250. The lowest BCUT2D eigenvalue weighted by molar-refractivity contribution is -0.137. The van der Waals surface area contributed by atoms with Gasteiger partial charge in [-0.3, -0.25) is 32.5 Å². The summed E-state index contributed by atoms with van der Waals surface area (Å²) in [6, 6.07) is 0. The van der Waals surface area contributed by atoms with Crippen LogP contribution in [0, 0.1) is 23.2 Å². The Hall–Kier alpha value is -2.44. The standard InChI is InChI=1S/C50H92N7O17P3S/c1-7-8-9-10-11-12-13-14-15-16-17-18-19-20-21-22-23-24-25-36(2)30-37(3)31-38(4)49(62)78-29-28-52-40(58)26-27-53-47(61)44(60)50(5,6)33-71-77(68,69)74-76(66,67)70-32-39-43(73-75(63,64)65)42(59)48(72-39)57-35-56-41-45(51)54-34-55-46(41)57/h34-39,42-44,48,59-60H,7-33H2,1-6H3,(H,52,58)(H,53,61)(H,66,67)(H,68,69)(H2,51,54,55)(H2,63,64,65)/t36-,37-,38-,39+,42+,43+,44-,48+/m0/s1. The lowest BCUT2D eigenvalue weighted by Gasteiger charge is -2.30. The second-order valence-corrected chi connectivity index (χ2v) is 27.0. The van der Waals surface area contributed by atoms with Crippen molar-refractivity contribution >= 4 is 69.1 Å². The van der Waals surface area contributed by atoms with E-state index in [0.717, 1.165) is 30.1 Å². The highest BCUT2D eigenvalue weighted by atomic mass is 32.2. The number of nitrogens with two attached hydrogens (primary N) is 1. The van der Waals surface area contributed by atoms with Crippen molar-refractivity contribution in [2.75, 3.05) is 37.8 Å². The number of carbonyl (C=O) groups excluding carboxylic acids is 3. The van der Waals surface area contributed by atoms with Crippen LogP contribution in [0.1, 0.15) is 189 Å². The van der Waals surface area contributed by atoms with Gasteiger partial charge in [0.05, 0.1) is 19.5 Å². The number of unbranched alkanes of at least 4 members (excludes halogenated alkanes) is 17. The number of hydrogen-bond donors (Lipinski definition) is 9. The zero-order valence-electron chi connectivity index (χ0n) is 46.7. The number of phosphoric ester groups is 3. The van der Waals surface area contributed by atoms with Gasteiger partial charge in [-0.05, 0) is 24.7 Å². The molecular formula is C50H92N7O17P3S. The van der Waals surface area contributed by atoms with Crippen LogP contribution >= 0.6 is 35.2 Å². The second-order valence-electron chi connectivity index (χ2n) is 21.6. The number of fused-ring (bicyclic) bond motifs is 1. The smallest absolute Gasteiger partial charge is 0.386 e. The SMILES string of the molecule is CCCCCCCCCCCCCCCCCCCC[C@H](C)C[C@H](C)C[C@H](C)C(=O)SCCNC(=O)CCNC(=O)[C@H](O)C(C)(C)COP(=O)(O)OP(=O)(O)OC[C@H]1O[C@@H](n2cnc3c(N)ncnc32)[C@H](O)[C@@H]1OP(=O)(O)O. The predicted molar refractivity (Wildman–Crippen MR) is 297 cm³/mol. The van der Waals surface area contributed by atoms with Gasteiger partial charge in [-0.15, -0.1) is 0 Å². The quantitative estimate of drug-likeness (QED) is 0.0221. The maximum atomic E-state index is 12.9. The number of amides is 2. The third-order valence-corrected chi connectivity index (χ3v) is 18.0. The number of aliphatic hydroxyl groups excluding tert-OH is 2. The summed E-state index contributed by atoms with van der Waals surface area (Å²) < 4.78 is 62.7. The van der Waals surface area contributed by atoms with Crippen LogP contribution in [0.5, 0.6) is 0 Å². The summed E-state index contributed by atoms with van der Waals surface area (Å²) >= 11 is 1.17. The van der Waals surface area contributed by atoms with Crippen LogP contribution in [-0.4, -0.2) is 123 Å². The molecule has 450 valence electrons. The molecule has 0 radical (unpaired) electrons. The normalized spacial score (nSPS) is 20.2. The fourth-order valence-corrected chi connectivity index (χ4v) is 13.0. The van der Waals surface area contributed by atoms with Crippen molar-refractivity contribution in [2.24, 2.45) is 23.2 Å². The number of aromatic nitrogens is 4. The number of ether oxygens (including phenoxy) is 1. The molecule has 2 aromatic rings. The van der Waals surface area contributed by atoms with Gasteiger partial charge in [-0.1, -0.05) is 175 Å². The van der Waals surface area contributed by atoms with E-state index in [2.05, 4.69) is 55.2 Å². The van der Waals surface area contributed by atoms with Crippen molar-refractivity contribution in [3.63, 3.8) is 0 Å². The van der Waals surface area contributed by atoms with Crippen molar-refractivity contribution < 1.29 is 80.5 Å². The minimum atomic E-state index is -5.58. The monoisotopic (exact) mass is 1190 g/mol. The van der Waals surface area contributed by atoms with E-state index in [9.17, 15) is 57.9 Å². The molecule has 2 aromatic heterocycles. The molecule has 0 saturated carbocycles. The number of nitrogen functional groups attached to an aromatic ring is 1. The largest absolute Gasteiger partial charge is 0.481 e. The van der Waals surface area contributed by atoms with Gasteiger partial charge in [-0.2, -0.15) is 4.31 Å². The fraction of sp³-hybridized carbons (Fsp3) is 0.840. The summed E-state index contributed by atoms with van der Waals surface area (Å²) in [5, 5.41) is 26.9. The van der Waals surface area contributed by atoms with E-state index < -0.39 is 84.6 Å². The van der Waals surface area contributed by atoms with E-state index in [4.69, 9.17) is 19.5 Å². The van der Waals surface area contributed by atoms with E-state index in [1.54, 1.807) is 0 Å². The molecule has 0 bridgehead atoms. The number of phosphoric acid groups is 3. The predicted octanol–water partition coefficient (Wildman–Crippen LogP) is 8.79. The Morgan fingerprint density at radius 3 is 1.94 bits per heavy atom. The number of carbonyl (C=O) groups is 3. The van der Waals surface area contributed by atoms with Gasteiger partial charge >= 0.3 is 23.5 Å². The number of imidazole rings is 1. The van der Waals surface area contributed by atoms with Gasteiger partial charge in [0.15, 0.2) is 22.8 Å². The van der Waals surface area contributed by atoms with Crippen molar-refractivity contribution in [2.45, 2.75) is 213 Å². The first-order chi connectivity index (χ1) is 36.8. The first kappa shape index (κ1) is 69.8. The highest BCUT2D eigenvalue weighted by Gasteiger charge is 2.50. The van der Waals surface area contributed by atoms with Crippen LogP contribution in [0.2, 0.25) is 0 Å². The van der Waals surface area contributed by atoms with Gasteiger partial charge in [0.2, 0.25) is 11.8 Å². The first-order valence-electron chi connectivity index (χ1n) is 27.8. The minimum absolute atomic E-state index is 0.0341. The molecular weight excluding hydrogens is 1100 g/mol. The average Bonchev–Trinajstić information content (AvgIpc) is 3.93. The van der Waals surface area contributed by atoms with E-state index in [1.165, 1.54) is 148 Å². The number of nitrogens with zero attached hydrogens (tertiary/aromatic N) is 4. The summed E-state index contributed by atoms with van der Waals surface area (Å²) in [6.07, 6.45) is 20.8. The topological polar surface area (TPSA) is 364 Å². The number of rotatable bonds is 43. The molecule has 24 nitrogen and oxygen atoms in total. The number of thioether (sulfide) groups is 1. The number of anilines is 1. The van der Waals surface area contributed by atoms with E-state index in [0.29, 0.717) is 17.6 Å². The minimum Gasteiger partial charge on any atom is -0.386 e. The maximum Gasteiger partial charge on any atom is 0.481 e. The molecule has 2 amide bonds. The number of aliphatic hydroxyl groups is 2. The van der Waals surface area contributed by atoms with E-state index >= 15 is 0 Å². The summed E-state index contributed by atoms with van der Waals surface area (Å²) in [4.78, 5) is 89.5. The Labute approximate surface area is 465 Å². The molecule has 10 N–H and O–H groups in total. The molecule has 1 fully saturated rings. The second kappa shape index (κ2) is 35.5. The van der Waals surface area contributed by atoms with Gasteiger partial charge in [0.1, 0.15) is 36.3 Å². The molecule has 1 aliphatic rings. The van der Waals surface area contributed by atoms with Gasteiger partial charge < -0.3 is 50.9 Å².